The van der Waals surface area contributed by atoms with E-state index in [1.807, 2.05) is 24.3 Å². The zero-order valence-corrected chi connectivity index (χ0v) is 14.4. The number of hydrazine groups is 1. The van der Waals surface area contributed by atoms with Crippen molar-refractivity contribution in [2.24, 2.45) is 5.84 Å². The SMILES string of the molecule is CC(=O)NCc1ccc(CN(N)C(=O)NC2CCCCCC2)cc1. The van der Waals surface area contributed by atoms with Crippen molar-refractivity contribution >= 4 is 11.9 Å². The van der Waals surface area contributed by atoms with Gasteiger partial charge >= 0.3 is 6.03 Å². The van der Waals surface area contributed by atoms with E-state index in [4.69, 9.17) is 5.84 Å². The molecule has 2 rings (SSSR count). The minimum atomic E-state index is -0.218. The summed E-state index contributed by atoms with van der Waals surface area (Å²) in [5.41, 5.74) is 1.97. The molecule has 1 aliphatic rings. The lowest BCUT2D eigenvalue weighted by Gasteiger charge is -2.22. The van der Waals surface area contributed by atoms with E-state index in [1.165, 1.54) is 37.6 Å². The molecule has 4 N–H and O–H groups in total. The van der Waals surface area contributed by atoms with Gasteiger partial charge in [0.05, 0.1) is 6.54 Å². The van der Waals surface area contributed by atoms with E-state index in [2.05, 4.69) is 10.6 Å². The molecule has 1 fully saturated rings. The molecule has 0 aromatic heterocycles. The van der Waals surface area contributed by atoms with Gasteiger partial charge in [0.1, 0.15) is 0 Å². The van der Waals surface area contributed by atoms with Gasteiger partial charge in [-0.1, -0.05) is 49.9 Å². The number of amides is 3. The molecule has 0 radical (unpaired) electrons. The number of benzene rings is 1. The minimum absolute atomic E-state index is 0.0533. The molecule has 24 heavy (non-hydrogen) atoms. The van der Waals surface area contributed by atoms with Crippen LogP contribution in [0.15, 0.2) is 24.3 Å². The first kappa shape index (κ1) is 18.3. The molecule has 0 bridgehead atoms. The fourth-order valence-electron chi connectivity index (χ4n) is 2.94. The Labute approximate surface area is 143 Å². The van der Waals surface area contributed by atoms with Crippen LogP contribution in [0.3, 0.4) is 0 Å². The summed E-state index contributed by atoms with van der Waals surface area (Å²) in [7, 11) is 0. The van der Waals surface area contributed by atoms with Crippen LogP contribution in [0.4, 0.5) is 4.79 Å². The molecule has 1 saturated carbocycles. The molecule has 132 valence electrons. The molecular weight excluding hydrogens is 304 g/mol. The van der Waals surface area contributed by atoms with Gasteiger partial charge in [-0.15, -0.1) is 0 Å². The number of carbonyl (C=O) groups is 2. The summed E-state index contributed by atoms with van der Waals surface area (Å²) in [5.74, 6) is 5.85. The zero-order chi connectivity index (χ0) is 17.4. The van der Waals surface area contributed by atoms with Crippen molar-refractivity contribution in [3.8, 4) is 0 Å². The van der Waals surface area contributed by atoms with E-state index in [0.717, 1.165) is 24.0 Å². The molecule has 6 heteroatoms. The highest BCUT2D eigenvalue weighted by atomic mass is 16.2. The fourth-order valence-corrected chi connectivity index (χ4v) is 2.94. The van der Waals surface area contributed by atoms with E-state index >= 15 is 0 Å². The van der Waals surface area contributed by atoms with Gasteiger partial charge in [-0.25, -0.2) is 10.6 Å². The van der Waals surface area contributed by atoms with Crippen molar-refractivity contribution < 1.29 is 9.59 Å². The highest BCUT2D eigenvalue weighted by molar-refractivity contribution is 5.74. The summed E-state index contributed by atoms with van der Waals surface area (Å²) in [6.07, 6.45) is 6.93. The quantitative estimate of drug-likeness (QED) is 0.335. The molecule has 3 amide bonds. The predicted molar refractivity (Wildman–Crippen MR) is 93.7 cm³/mol. The highest BCUT2D eigenvalue weighted by Gasteiger charge is 2.17. The summed E-state index contributed by atoms with van der Waals surface area (Å²) < 4.78 is 0. The predicted octanol–water partition coefficient (Wildman–Crippen LogP) is 2.43. The Bertz CT molecular complexity index is 536. The van der Waals surface area contributed by atoms with Crippen molar-refractivity contribution in [2.45, 2.75) is 64.6 Å². The van der Waals surface area contributed by atoms with Gasteiger partial charge in [-0.05, 0) is 24.0 Å². The molecule has 0 spiro atoms. The summed E-state index contributed by atoms with van der Waals surface area (Å²) in [6.45, 7) is 2.36. The van der Waals surface area contributed by atoms with Crippen LogP contribution in [0.2, 0.25) is 0 Å². The Kier molecular flexibility index (Phi) is 7.06. The molecular formula is C18H28N4O2. The Balaban J connectivity index is 1.80. The van der Waals surface area contributed by atoms with E-state index in [9.17, 15) is 9.59 Å². The van der Waals surface area contributed by atoms with E-state index in [-0.39, 0.29) is 18.0 Å². The first-order valence-corrected chi connectivity index (χ1v) is 8.69. The van der Waals surface area contributed by atoms with Gasteiger partial charge in [0, 0.05) is 19.5 Å². The van der Waals surface area contributed by atoms with Crippen LogP contribution < -0.4 is 16.5 Å². The third-order valence-electron chi connectivity index (χ3n) is 4.36. The number of nitrogens with one attached hydrogen (secondary N) is 2. The Hall–Kier alpha value is -2.08. The summed E-state index contributed by atoms with van der Waals surface area (Å²) in [4.78, 5) is 23.1. The maximum atomic E-state index is 12.2. The second kappa shape index (κ2) is 9.27. The van der Waals surface area contributed by atoms with E-state index < -0.39 is 0 Å². The maximum Gasteiger partial charge on any atom is 0.332 e. The molecule has 0 heterocycles. The number of hydrogen-bond donors (Lipinski definition) is 3. The topological polar surface area (TPSA) is 87.5 Å². The number of nitrogens with zero attached hydrogens (tertiary/aromatic N) is 1. The van der Waals surface area contributed by atoms with Crippen molar-refractivity contribution in [3.05, 3.63) is 35.4 Å². The lowest BCUT2D eigenvalue weighted by Crippen LogP contribution is -2.47. The van der Waals surface area contributed by atoms with Crippen molar-refractivity contribution in [1.29, 1.82) is 0 Å². The monoisotopic (exact) mass is 332 g/mol. The van der Waals surface area contributed by atoms with Crippen LogP contribution in [0.25, 0.3) is 0 Å². The number of urea groups is 1. The van der Waals surface area contributed by atoms with Crippen LogP contribution in [0, 0.1) is 0 Å². The molecule has 6 nitrogen and oxygen atoms in total. The first-order chi connectivity index (χ1) is 11.5. The second-order valence-corrected chi connectivity index (χ2v) is 6.49. The molecule has 1 aliphatic carbocycles. The third-order valence-corrected chi connectivity index (χ3v) is 4.36. The maximum absolute atomic E-state index is 12.2. The van der Waals surface area contributed by atoms with Crippen LogP contribution >= 0.6 is 0 Å². The standard InChI is InChI=1S/C18H28N4O2/c1-14(23)20-12-15-8-10-16(11-9-15)13-22(19)18(24)21-17-6-4-2-3-5-7-17/h8-11,17H,2-7,12-13,19H2,1H3,(H,20,23)(H,21,24). The first-order valence-electron chi connectivity index (χ1n) is 8.69. The molecule has 0 atom stereocenters. The van der Waals surface area contributed by atoms with Gasteiger partial charge in [0.15, 0.2) is 0 Å². The lowest BCUT2D eigenvalue weighted by atomic mass is 10.1. The second-order valence-electron chi connectivity index (χ2n) is 6.49. The highest BCUT2D eigenvalue weighted by Crippen LogP contribution is 2.17. The molecule has 1 aromatic carbocycles. The average Bonchev–Trinajstić information content (AvgIpc) is 2.82. The number of rotatable bonds is 5. The fraction of sp³-hybridized carbons (Fsp3) is 0.556. The Morgan fingerprint density at radius 1 is 1.08 bits per heavy atom. The molecule has 1 aromatic rings. The number of hydrogen-bond acceptors (Lipinski definition) is 3. The summed E-state index contributed by atoms with van der Waals surface area (Å²) in [6, 6.07) is 7.74. The van der Waals surface area contributed by atoms with Gasteiger partial charge in [-0.2, -0.15) is 0 Å². The van der Waals surface area contributed by atoms with Gasteiger partial charge < -0.3 is 10.6 Å². The number of nitrogens with two attached hydrogens (primary N) is 1. The van der Waals surface area contributed by atoms with Crippen molar-refractivity contribution in [2.75, 3.05) is 0 Å². The summed E-state index contributed by atoms with van der Waals surface area (Å²) in [5, 5.41) is 7.02. The van der Waals surface area contributed by atoms with Crippen molar-refractivity contribution in [3.63, 3.8) is 0 Å². The molecule has 0 unspecified atom stereocenters. The van der Waals surface area contributed by atoms with Gasteiger partial charge in [-0.3, -0.25) is 9.80 Å². The lowest BCUT2D eigenvalue weighted by molar-refractivity contribution is -0.119. The van der Waals surface area contributed by atoms with E-state index in [0.29, 0.717) is 13.1 Å². The Morgan fingerprint density at radius 3 is 2.25 bits per heavy atom. The van der Waals surface area contributed by atoms with Crippen molar-refractivity contribution in [1.82, 2.24) is 15.6 Å². The van der Waals surface area contributed by atoms with Gasteiger partial charge in [0.25, 0.3) is 0 Å². The van der Waals surface area contributed by atoms with Gasteiger partial charge in [0.2, 0.25) is 5.91 Å². The zero-order valence-electron chi connectivity index (χ0n) is 14.4. The van der Waals surface area contributed by atoms with E-state index in [1.54, 1.807) is 0 Å². The van der Waals surface area contributed by atoms with Crippen LogP contribution in [-0.2, 0) is 17.9 Å². The van der Waals surface area contributed by atoms with Crippen LogP contribution in [-0.4, -0.2) is 23.0 Å². The van der Waals surface area contributed by atoms with Crippen LogP contribution in [0.1, 0.15) is 56.6 Å². The Morgan fingerprint density at radius 2 is 1.67 bits per heavy atom. The molecule has 0 aliphatic heterocycles. The summed E-state index contributed by atoms with van der Waals surface area (Å²) >= 11 is 0. The molecule has 0 saturated heterocycles. The number of carbonyl (C=O) groups excluding carboxylic acids is 2. The average molecular weight is 332 g/mol. The minimum Gasteiger partial charge on any atom is -0.352 e. The van der Waals surface area contributed by atoms with Crippen LogP contribution in [0.5, 0.6) is 0 Å². The normalized spacial score (nSPS) is 15.4. The third kappa shape index (κ3) is 6.20. The smallest absolute Gasteiger partial charge is 0.332 e. The largest absolute Gasteiger partial charge is 0.352 e.